The van der Waals surface area contributed by atoms with E-state index in [2.05, 4.69) is 48.6 Å². The van der Waals surface area contributed by atoms with E-state index in [0.29, 0.717) is 29.9 Å². The summed E-state index contributed by atoms with van der Waals surface area (Å²) in [4.78, 5) is 9.09. The highest BCUT2D eigenvalue weighted by Gasteiger charge is 2.22. The third kappa shape index (κ3) is 5.49. The average molecular weight is 541 g/mol. The van der Waals surface area contributed by atoms with Gasteiger partial charge in [-0.2, -0.15) is 5.10 Å². The van der Waals surface area contributed by atoms with Crippen molar-refractivity contribution in [1.82, 2.24) is 34.8 Å². The smallest absolute Gasteiger partial charge is 0.248 e. The molecule has 0 aliphatic carbocycles. The number of rotatable bonds is 8. The molecule has 1 aromatic carbocycles. The molecule has 0 saturated carbocycles. The molecule has 0 radical (unpaired) electrons. The summed E-state index contributed by atoms with van der Waals surface area (Å²) in [6, 6.07) is 6.12. The summed E-state index contributed by atoms with van der Waals surface area (Å²) in [6.45, 7) is 8.97. The van der Waals surface area contributed by atoms with E-state index in [1.54, 1.807) is 23.1 Å². The van der Waals surface area contributed by atoms with Crippen LogP contribution in [0.15, 0.2) is 35.0 Å². The van der Waals surface area contributed by atoms with Crippen molar-refractivity contribution in [3.63, 3.8) is 0 Å². The minimum absolute atomic E-state index is 0.178. The Hall–Kier alpha value is -3.55. The van der Waals surface area contributed by atoms with Gasteiger partial charge in [0.2, 0.25) is 27.7 Å². The van der Waals surface area contributed by atoms with Gasteiger partial charge in [-0.3, -0.25) is 19.2 Å². The number of aromatic nitrogens is 5. The molecule has 0 spiro atoms. The first-order valence-electron chi connectivity index (χ1n) is 12.4. The van der Waals surface area contributed by atoms with Crippen molar-refractivity contribution in [3.05, 3.63) is 36.5 Å². The van der Waals surface area contributed by atoms with Gasteiger partial charge in [-0.05, 0) is 37.6 Å². The maximum atomic E-state index is 11.9. The minimum atomic E-state index is -3.53. The Morgan fingerprint density at radius 2 is 1.84 bits per heavy atom. The van der Waals surface area contributed by atoms with Gasteiger partial charge in [-0.25, -0.2) is 13.4 Å². The number of sulfonamides is 1. The Labute approximate surface area is 221 Å². The number of pyridine rings is 1. The third-order valence-corrected chi connectivity index (χ3v) is 7.32. The number of hydrogen-bond donors (Lipinski definition) is 1. The average Bonchev–Trinajstić information content (AvgIpc) is 3.49. The minimum Gasteiger partial charge on any atom is -0.480 e. The first-order valence-corrected chi connectivity index (χ1v) is 14.3. The van der Waals surface area contributed by atoms with Gasteiger partial charge in [-0.1, -0.05) is 0 Å². The van der Waals surface area contributed by atoms with Crippen molar-refractivity contribution < 1.29 is 17.6 Å². The van der Waals surface area contributed by atoms with Gasteiger partial charge in [0.05, 0.1) is 37.2 Å². The van der Waals surface area contributed by atoms with E-state index < -0.39 is 10.0 Å². The normalized spacial score (nSPS) is 15.4. The van der Waals surface area contributed by atoms with Crippen LogP contribution < -0.4 is 9.46 Å². The number of hydrogen-bond acceptors (Lipinski definition) is 10. The molecule has 0 amide bonds. The highest BCUT2D eigenvalue weighted by atomic mass is 32.2. The first kappa shape index (κ1) is 26.1. The highest BCUT2D eigenvalue weighted by Crippen LogP contribution is 2.35. The highest BCUT2D eigenvalue weighted by molar-refractivity contribution is 7.92. The molecule has 4 heterocycles. The summed E-state index contributed by atoms with van der Waals surface area (Å²) in [6.07, 6.45) is 4.48. The summed E-state index contributed by atoms with van der Waals surface area (Å²) in [5.74, 6) is 1.14. The molecule has 0 bridgehead atoms. The molecule has 12 nitrogen and oxygen atoms in total. The van der Waals surface area contributed by atoms with Crippen LogP contribution in [-0.2, 0) is 23.6 Å². The van der Waals surface area contributed by atoms with Gasteiger partial charge >= 0.3 is 0 Å². The van der Waals surface area contributed by atoms with Crippen LogP contribution in [0.25, 0.3) is 33.5 Å². The molecule has 5 rings (SSSR count). The van der Waals surface area contributed by atoms with E-state index >= 15 is 0 Å². The molecular formula is C25H32N8O4S. The SMILES string of the molecule is COc1ncc(-c2cc(-c3nnc(CN4CCN(C(C)C)CC4)o3)c3cnn(C)c3c2)cc1NS(C)(=O)=O. The van der Waals surface area contributed by atoms with Crippen molar-refractivity contribution in [1.29, 1.82) is 0 Å². The van der Waals surface area contributed by atoms with Crippen LogP contribution >= 0.6 is 0 Å². The number of ether oxygens (including phenoxy) is 1. The van der Waals surface area contributed by atoms with Gasteiger partial charge in [0.1, 0.15) is 5.69 Å². The van der Waals surface area contributed by atoms with Crippen molar-refractivity contribution in [3.8, 4) is 28.5 Å². The van der Waals surface area contributed by atoms with Crippen molar-refractivity contribution >= 4 is 26.6 Å². The fraction of sp³-hybridized carbons (Fsp3) is 0.440. The molecule has 0 atom stereocenters. The molecular weight excluding hydrogens is 508 g/mol. The number of nitrogens with one attached hydrogen (secondary N) is 1. The predicted molar refractivity (Wildman–Crippen MR) is 144 cm³/mol. The lowest BCUT2D eigenvalue weighted by atomic mass is 10.0. The van der Waals surface area contributed by atoms with E-state index in [-0.39, 0.29) is 11.6 Å². The summed E-state index contributed by atoms with van der Waals surface area (Å²) < 4.78 is 39.4. The molecule has 1 N–H and O–H groups in total. The maximum absolute atomic E-state index is 11.9. The van der Waals surface area contributed by atoms with Crippen LogP contribution in [0.4, 0.5) is 5.69 Å². The summed E-state index contributed by atoms with van der Waals surface area (Å²) in [5.41, 5.74) is 3.31. The molecule has 3 aromatic heterocycles. The van der Waals surface area contributed by atoms with Crippen LogP contribution in [0, 0.1) is 0 Å². The monoisotopic (exact) mass is 540 g/mol. The van der Waals surface area contributed by atoms with Crippen LogP contribution in [0.2, 0.25) is 0 Å². The van der Waals surface area contributed by atoms with Crippen molar-refractivity contribution in [2.75, 3.05) is 44.3 Å². The van der Waals surface area contributed by atoms with Gasteiger partial charge in [-0.15, -0.1) is 10.2 Å². The molecule has 1 aliphatic rings. The standard InChI is InChI=1S/C25H32N8O4S/c1-16(2)33-8-6-32(7-9-33)15-23-28-29-24(37-23)19-10-17(12-22-20(19)14-27-31(22)3)18-11-21(30-38(5,34)35)25(36-4)26-13-18/h10-14,16,30H,6-9,15H2,1-5H3. The second-order valence-electron chi connectivity index (χ2n) is 9.79. The van der Waals surface area contributed by atoms with Gasteiger partial charge in [0, 0.05) is 56.4 Å². The van der Waals surface area contributed by atoms with Crippen LogP contribution in [-0.4, -0.2) is 88.8 Å². The molecule has 4 aromatic rings. The molecule has 38 heavy (non-hydrogen) atoms. The molecule has 1 fully saturated rings. The van der Waals surface area contributed by atoms with Crippen LogP contribution in [0.3, 0.4) is 0 Å². The van der Waals surface area contributed by atoms with Crippen molar-refractivity contribution in [2.24, 2.45) is 7.05 Å². The van der Waals surface area contributed by atoms with Crippen LogP contribution in [0.5, 0.6) is 5.88 Å². The topological polar surface area (TPSA) is 132 Å². The number of methoxy groups -OCH3 is 1. The summed E-state index contributed by atoms with van der Waals surface area (Å²) >= 11 is 0. The Bertz CT molecular complexity index is 1550. The summed E-state index contributed by atoms with van der Waals surface area (Å²) in [5, 5.41) is 14.0. The van der Waals surface area contributed by atoms with E-state index in [1.165, 1.54) is 7.11 Å². The summed E-state index contributed by atoms with van der Waals surface area (Å²) in [7, 11) is -0.240. The fourth-order valence-corrected chi connectivity index (χ4v) is 5.24. The number of aryl methyl sites for hydroxylation is 1. The first-order chi connectivity index (χ1) is 18.1. The lowest BCUT2D eigenvalue weighted by Gasteiger charge is -2.36. The predicted octanol–water partition coefficient (Wildman–Crippen LogP) is 2.59. The van der Waals surface area contributed by atoms with Gasteiger partial charge in [0.15, 0.2) is 0 Å². The molecule has 1 saturated heterocycles. The Morgan fingerprint density at radius 1 is 1.08 bits per heavy atom. The zero-order valence-corrected chi connectivity index (χ0v) is 23.0. The largest absolute Gasteiger partial charge is 0.480 e. The number of benzene rings is 1. The van der Waals surface area contributed by atoms with Gasteiger partial charge < -0.3 is 9.15 Å². The van der Waals surface area contributed by atoms with Crippen LogP contribution in [0.1, 0.15) is 19.7 Å². The number of nitrogens with zero attached hydrogens (tertiary/aromatic N) is 7. The molecule has 13 heteroatoms. The number of piperazine rings is 1. The van der Waals surface area contributed by atoms with E-state index in [1.807, 2.05) is 19.2 Å². The quantitative estimate of drug-likeness (QED) is 0.356. The van der Waals surface area contributed by atoms with E-state index in [4.69, 9.17) is 9.15 Å². The Balaban J connectivity index is 1.48. The fourth-order valence-electron chi connectivity index (χ4n) is 4.69. The molecule has 0 unspecified atom stereocenters. The number of fused-ring (bicyclic) bond motifs is 1. The second-order valence-corrected chi connectivity index (χ2v) is 11.5. The lowest BCUT2D eigenvalue weighted by Crippen LogP contribution is -2.48. The van der Waals surface area contributed by atoms with E-state index in [9.17, 15) is 8.42 Å². The second kappa shape index (κ2) is 10.3. The Kier molecular flexibility index (Phi) is 7.07. The third-order valence-electron chi connectivity index (χ3n) is 6.73. The Morgan fingerprint density at radius 3 is 2.53 bits per heavy atom. The zero-order chi connectivity index (χ0) is 27.0. The van der Waals surface area contributed by atoms with Gasteiger partial charge in [0.25, 0.3) is 0 Å². The zero-order valence-electron chi connectivity index (χ0n) is 22.2. The number of anilines is 1. The maximum Gasteiger partial charge on any atom is 0.248 e. The van der Waals surface area contributed by atoms with Crippen molar-refractivity contribution in [2.45, 2.75) is 26.4 Å². The molecule has 202 valence electrons. The lowest BCUT2D eigenvalue weighted by molar-refractivity contribution is 0.0979. The molecule has 1 aliphatic heterocycles. The van der Waals surface area contributed by atoms with E-state index in [0.717, 1.165) is 54.5 Å².